The van der Waals surface area contributed by atoms with E-state index in [1.165, 1.54) is 18.9 Å². The van der Waals surface area contributed by atoms with Crippen LogP contribution in [0.5, 0.6) is 0 Å². The van der Waals surface area contributed by atoms with Gasteiger partial charge in [-0.2, -0.15) is 0 Å². The molecule has 0 fully saturated rings. The van der Waals surface area contributed by atoms with E-state index in [0.717, 1.165) is 0 Å². The van der Waals surface area contributed by atoms with Crippen molar-refractivity contribution < 1.29 is 13.9 Å². The van der Waals surface area contributed by atoms with Crippen molar-refractivity contribution in [3.05, 3.63) is 0 Å². The van der Waals surface area contributed by atoms with Crippen molar-refractivity contribution >= 4 is 9.76 Å². The lowest BCUT2D eigenvalue weighted by Gasteiger charge is -2.17. The van der Waals surface area contributed by atoms with Crippen molar-refractivity contribution in [2.75, 3.05) is 13.2 Å². The van der Waals surface area contributed by atoms with Gasteiger partial charge in [0.05, 0.1) is 0 Å². The molecule has 0 aliphatic carbocycles. The Morgan fingerprint density at radius 1 is 1.08 bits per heavy atom. The first-order valence-corrected chi connectivity index (χ1v) is 6.77. The van der Waals surface area contributed by atoms with Crippen LogP contribution in [0.1, 0.15) is 33.6 Å². The van der Waals surface area contributed by atoms with Gasteiger partial charge in [-0.05, 0) is 19.9 Å². The topological polar surface area (TPSA) is 27.7 Å². The summed E-state index contributed by atoms with van der Waals surface area (Å²) in [6.45, 7) is 6.97. The number of ether oxygens (including phenoxy) is 2. The maximum absolute atomic E-state index is 5.52. The van der Waals surface area contributed by atoms with Gasteiger partial charge >= 0.3 is 0 Å². The summed E-state index contributed by atoms with van der Waals surface area (Å²) in [4.78, 5) is 0. The van der Waals surface area contributed by atoms with Crippen LogP contribution < -0.4 is 0 Å². The summed E-state index contributed by atoms with van der Waals surface area (Å²) in [5.74, 6) is 0. The molecule has 0 saturated carbocycles. The predicted octanol–water partition coefficient (Wildman–Crippen LogP) is 1.66. The molecule has 0 saturated heterocycles. The van der Waals surface area contributed by atoms with Crippen molar-refractivity contribution in [1.82, 2.24) is 0 Å². The van der Waals surface area contributed by atoms with Crippen LogP contribution in [-0.4, -0.2) is 29.5 Å². The highest BCUT2D eigenvalue weighted by Gasteiger charge is 2.06. The molecule has 3 nitrogen and oxygen atoms in total. The lowest BCUT2D eigenvalue weighted by molar-refractivity contribution is -0.243. The van der Waals surface area contributed by atoms with E-state index in [-0.39, 0.29) is 0 Å². The van der Waals surface area contributed by atoms with Gasteiger partial charge in [0.15, 0.2) is 9.76 Å². The summed E-state index contributed by atoms with van der Waals surface area (Å²) >= 11 is 0. The van der Waals surface area contributed by atoms with E-state index >= 15 is 0 Å². The lowest BCUT2D eigenvalue weighted by Crippen LogP contribution is -2.22. The summed E-state index contributed by atoms with van der Waals surface area (Å²) in [6, 6.07) is 1.22. The molecular formula is C9H22O3Si. The number of unbranched alkanes of at least 4 members (excludes halogenated alkanes) is 1. The first-order valence-electron chi connectivity index (χ1n) is 5.19. The molecule has 0 aromatic heterocycles. The molecule has 0 spiro atoms. The van der Waals surface area contributed by atoms with E-state index in [1.54, 1.807) is 0 Å². The molecule has 0 aliphatic rings. The van der Waals surface area contributed by atoms with Gasteiger partial charge in [-0.3, -0.25) is 0 Å². The highest BCUT2D eigenvalue weighted by Crippen LogP contribution is 2.00. The van der Waals surface area contributed by atoms with Gasteiger partial charge in [0.1, 0.15) is 0 Å². The molecule has 0 aromatic rings. The monoisotopic (exact) mass is 206 g/mol. The number of hydrogen-bond acceptors (Lipinski definition) is 3. The minimum atomic E-state index is -0.438. The minimum absolute atomic E-state index is 0.404. The van der Waals surface area contributed by atoms with Gasteiger partial charge in [-0.1, -0.05) is 19.8 Å². The average Bonchev–Trinajstić information content (AvgIpc) is 2.13. The molecule has 0 atom stereocenters. The van der Waals surface area contributed by atoms with E-state index < -0.39 is 16.2 Å². The molecule has 0 N–H and O–H groups in total. The predicted molar refractivity (Wildman–Crippen MR) is 56.4 cm³/mol. The molecule has 80 valence electrons. The Balaban J connectivity index is 3.33. The molecule has 0 rings (SSSR count). The standard InChI is InChI=1S/C9H22O3Si/c1-4-7-8-13-12-9(10-5-2)11-6-3/h9H,4-8,13H2,1-3H3. The van der Waals surface area contributed by atoms with E-state index in [1.807, 2.05) is 13.8 Å². The van der Waals surface area contributed by atoms with E-state index in [2.05, 4.69) is 6.92 Å². The number of hydrogen-bond donors (Lipinski definition) is 0. The Morgan fingerprint density at radius 3 is 2.15 bits per heavy atom. The fraction of sp³-hybridized carbons (Fsp3) is 1.00. The van der Waals surface area contributed by atoms with Gasteiger partial charge in [0.25, 0.3) is 6.48 Å². The summed E-state index contributed by atoms with van der Waals surface area (Å²) in [6.07, 6.45) is 2.50. The van der Waals surface area contributed by atoms with Crippen molar-refractivity contribution in [2.24, 2.45) is 0 Å². The molecule has 4 heteroatoms. The first-order chi connectivity index (χ1) is 6.35. The zero-order chi connectivity index (χ0) is 9.94. The van der Waals surface area contributed by atoms with Crippen LogP contribution in [0.25, 0.3) is 0 Å². The van der Waals surface area contributed by atoms with Crippen molar-refractivity contribution in [2.45, 2.75) is 46.1 Å². The number of rotatable bonds is 9. The molecule has 0 aromatic carbocycles. The molecular weight excluding hydrogens is 184 g/mol. The van der Waals surface area contributed by atoms with E-state index in [9.17, 15) is 0 Å². The van der Waals surface area contributed by atoms with Crippen LogP contribution in [0.15, 0.2) is 0 Å². The quantitative estimate of drug-likeness (QED) is 0.326. The highest BCUT2D eigenvalue weighted by molar-refractivity contribution is 6.27. The third-order valence-corrected chi connectivity index (χ3v) is 2.90. The van der Waals surface area contributed by atoms with Crippen molar-refractivity contribution in [3.63, 3.8) is 0 Å². The Hall–Kier alpha value is 0.0969. The Bertz CT molecular complexity index is 94.9. The van der Waals surface area contributed by atoms with E-state index in [4.69, 9.17) is 13.9 Å². The molecule has 0 unspecified atom stereocenters. The maximum atomic E-state index is 5.52. The van der Waals surface area contributed by atoms with Crippen LogP contribution in [0, 0.1) is 0 Å². The first kappa shape index (κ1) is 13.1. The van der Waals surface area contributed by atoms with E-state index in [0.29, 0.717) is 13.2 Å². The average molecular weight is 206 g/mol. The van der Waals surface area contributed by atoms with Gasteiger partial charge in [-0.25, -0.2) is 0 Å². The third kappa shape index (κ3) is 8.43. The molecule has 0 heterocycles. The molecule has 0 amide bonds. The normalized spacial score (nSPS) is 12.0. The third-order valence-electron chi connectivity index (χ3n) is 1.61. The molecule has 13 heavy (non-hydrogen) atoms. The SMILES string of the molecule is CCCC[SiH2]OC(OCC)OCC. The minimum Gasteiger partial charge on any atom is -0.379 e. The summed E-state index contributed by atoms with van der Waals surface area (Å²) in [5.41, 5.74) is 0. The molecule has 0 aliphatic heterocycles. The van der Waals surface area contributed by atoms with Crippen LogP contribution in [0.3, 0.4) is 0 Å². The summed E-state index contributed by atoms with van der Waals surface area (Å²) in [5, 5.41) is 0. The van der Waals surface area contributed by atoms with Crippen molar-refractivity contribution in [1.29, 1.82) is 0 Å². The van der Waals surface area contributed by atoms with Crippen LogP contribution in [-0.2, 0) is 13.9 Å². The van der Waals surface area contributed by atoms with Crippen LogP contribution in [0.2, 0.25) is 6.04 Å². The fourth-order valence-electron chi connectivity index (χ4n) is 0.948. The lowest BCUT2D eigenvalue weighted by atomic mass is 10.4. The Morgan fingerprint density at radius 2 is 1.69 bits per heavy atom. The summed E-state index contributed by atoms with van der Waals surface area (Å²) < 4.78 is 16.0. The Kier molecular flexibility index (Phi) is 10.3. The second-order valence-corrected chi connectivity index (χ2v) is 4.23. The van der Waals surface area contributed by atoms with Crippen molar-refractivity contribution in [3.8, 4) is 0 Å². The van der Waals surface area contributed by atoms with Gasteiger partial charge in [-0.15, -0.1) is 0 Å². The molecule has 0 bridgehead atoms. The van der Waals surface area contributed by atoms with Gasteiger partial charge in [0, 0.05) is 13.2 Å². The van der Waals surface area contributed by atoms with Gasteiger partial charge < -0.3 is 13.9 Å². The van der Waals surface area contributed by atoms with Gasteiger partial charge in [0.2, 0.25) is 0 Å². The smallest absolute Gasteiger partial charge is 0.261 e. The molecule has 0 radical (unpaired) electrons. The Labute approximate surface area is 83.7 Å². The zero-order valence-electron chi connectivity index (χ0n) is 9.04. The highest BCUT2D eigenvalue weighted by atomic mass is 28.2. The maximum Gasteiger partial charge on any atom is 0.261 e. The second-order valence-electron chi connectivity index (χ2n) is 2.78. The van der Waals surface area contributed by atoms with Crippen LogP contribution in [0.4, 0.5) is 0 Å². The summed E-state index contributed by atoms with van der Waals surface area (Å²) in [7, 11) is -0.438. The zero-order valence-corrected chi connectivity index (χ0v) is 10.5. The van der Waals surface area contributed by atoms with Crippen LogP contribution >= 0.6 is 0 Å². The largest absolute Gasteiger partial charge is 0.379 e. The fourth-order valence-corrected chi connectivity index (χ4v) is 2.20. The second kappa shape index (κ2) is 10.2.